The molecular weight excluding hydrogens is 328 g/mol. The largest absolute Gasteiger partial charge is 0.481 e. The van der Waals surface area contributed by atoms with E-state index in [0.717, 1.165) is 57.4 Å². The van der Waals surface area contributed by atoms with E-state index in [1.165, 1.54) is 18.4 Å². The Labute approximate surface area is 154 Å². The third kappa shape index (κ3) is 3.88. The fraction of sp³-hybridized carbons (Fsp3) is 0.526. The van der Waals surface area contributed by atoms with Crippen LogP contribution in [0.2, 0.25) is 0 Å². The summed E-state index contributed by atoms with van der Waals surface area (Å²) in [6.07, 6.45) is 6.04. The summed E-state index contributed by atoms with van der Waals surface area (Å²) in [6.45, 7) is 7.16. The van der Waals surface area contributed by atoms with Crippen molar-refractivity contribution < 1.29 is 4.74 Å². The minimum absolute atomic E-state index is 0.677. The maximum Gasteiger partial charge on any atom is 0.213 e. The van der Waals surface area contributed by atoms with Crippen molar-refractivity contribution in [1.82, 2.24) is 19.9 Å². The molecule has 2 aromatic heterocycles. The van der Waals surface area contributed by atoms with E-state index >= 15 is 0 Å². The second-order valence-corrected chi connectivity index (χ2v) is 6.90. The Kier molecular flexibility index (Phi) is 5.15. The molecule has 7 nitrogen and oxygen atoms in total. The smallest absolute Gasteiger partial charge is 0.213 e. The lowest BCUT2D eigenvalue weighted by atomic mass is 10.2. The molecule has 0 radical (unpaired) electrons. The molecule has 0 amide bonds. The summed E-state index contributed by atoms with van der Waals surface area (Å²) in [5.74, 6) is 2.79. The van der Waals surface area contributed by atoms with Gasteiger partial charge in [0.05, 0.1) is 7.11 Å². The van der Waals surface area contributed by atoms with Gasteiger partial charge in [-0.15, -0.1) is 0 Å². The van der Waals surface area contributed by atoms with Crippen molar-refractivity contribution >= 4 is 11.6 Å². The van der Waals surface area contributed by atoms with E-state index in [1.54, 1.807) is 13.4 Å². The molecule has 2 aromatic rings. The Morgan fingerprint density at radius 1 is 0.885 bits per heavy atom. The van der Waals surface area contributed by atoms with Crippen molar-refractivity contribution in [3.8, 4) is 5.88 Å². The van der Waals surface area contributed by atoms with Gasteiger partial charge in [-0.1, -0.05) is 0 Å². The number of hydrogen-bond acceptors (Lipinski definition) is 7. The van der Waals surface area contributed by atoms with Crippen molar-refractivity contribution in [2.75, 3.05) is 56.2 Å². The molecule has 0 N–H and O–H groups in total. The van der Waals surface area contributed by atoms with Crippen LogP contribution in [0.3, 0.4) is 0 Å². The fourth-order valence-electron chi connectivity index (χ4n) is 3.68. The van der Waals surface area contributed by atoms with Gasteiger partial charge in [0.15, 0.2) is 0 Å². The molecule has 0 bridgehead atoms. The first-order valence-electron chi connectivity index (χ1n) is 9.35. The van der Waals surface area contributed by atoms with Crippen LogP contribution in [-0.2, 0) is 6.54 Å². The summed E-state index contributed by atoms with van der Waals surface area (Å²) in [5, 5.41) is 0. The van der Waals surface area contributed by atoms with Crippen molar-refractivity contribution in [2.24, 2.45) is 0 Å². The molecule has 0 saturated carbocycles. The summed E-state index contributed by atoms with van der Waals surface area (Å²) in [7, 11) is 1.66. The van der Waals surface area contributed by atoms with Gasteiger partial charge in [0.25, 0.3) is 0 Å². The number of aromatic nitrogens is 3. The van der Waals surface area contributed by atoms with Crippen LogP contribution in [0.1, 0.15) is 18.4 Å². The lowest BCUT2D eigenvalue weighted by molar-refractivity contribution is 0.249. The minimum atomic E-state index is 0.677. The minimum Gasteiger partial charge on any atom is -0.481 e. The van der Waals surface area contributed by atoms with Gasteiger partial charge in [0.2, 0.25) is 5.88 Å². The molecule has 4 heterocycles. The average molecular weight is 354 g/mol. The summed E-state index contributed by atoms with van der Waals surface area (Å²) < 4.78 is 5.22. The van der Waals surface area contributed by atoms with Crippen LogP contribution in [0.4, 0.5) is 11.6 Å². The Bertz CT molecular complexity index is 725. The number of piperazine rings is 1. The standard InChI is InChI=1S/C19H26N6O/c1-26-19-12-16(4-5-20-19)14-23-8-10-25(11-9-23)18-13-17(21-15-22-18)24-6-2-3-7-24/h4-5,12-13,15H,2-3,6-11,14H2,1H3. The topological polar surface area (TPSA) is 57.6 Å². The highest BCUT2D eigenvalue weighted by molar-refractivity contribution is 5.50. The van der Waals surface area contributed by atoms with E-state index in [-0.39, 0.29) is 0 Å². The second kappa shape index (κ2) is 7.86. The zero-order valence-corrected chi connectivity index (χ0v) is 15.3. The molecule has 2 aliphatic heterocycles. The highest BCUT2D eigenvalue weighted by Crippen LogP contribution is 2.22. The second-order valence-electron chi connectivity index (χ2n) is 6.90. The van der Waals surface area contributed by atoms with Crippen molar-refractivity contribution in [3.63, 3.8) is 0 Å². The number of hydrogen-bond donors (Lipinski definition) is 0. The molecule has 0 spiro atoms. The quantitative estimate of drug-likeness (QED) is 0.811. The molecule has 26 heavy (non-hydrogen) atoms. The highest BCUT2D eigenvalue weighted by Gasteiger charge is 2.20. The maximum absolute atomic E-state index is 5.22. The van der Waals surface area contributed by atoms with Crippen LogP contribution in [0, 0.1) is 0 Å². The summed E-state index contributed by atoms with van der Waals surface area (Å²) in [5.41, 5.74) is 1.24. The van der Waals surface area contributed by atoms with Gasteiger partial charge in [0.1, 0.15) is 18.0 Å². The van der Waals surface area contributed by atoms with Gasteiger partial charge in [-0.3, -0.25) is 4.90 Å². The molecule has 138 valence electrons. The van der Waals surface area contributed by atoms with E-state index < -0.39 is 0 Å². The molecular formula is C19H26N6O. The number of nitrogens with zero attached hydrogens (tertiary/aromatic N) is 6. The summed E-state index contributed by atoms with van der Waals surface area (Å²) in [6, 6.07) is 6.22. The van der Waals surface area contributed by atoms with Crippen molar-refractivity contribution in [2.45, 2.75) is 19.4 Å². The number of ether oxygens (including phenoxy) is 1. The lowest BCUT2D eigenvalue weighted by Gasteiger charge is -2.35. The lowest BCUT2D eigenvalue weighted by Crippen LogP contribution is -2.46. The van der Waals surface area contributed by atoms with Gasteiger partial charge in [0, 0.05) is 64.1 Å². The number of rotatable bonds is 5. The van der Waals surface area contributed by atoms with Crippen molar-refractivity contribution in [1.29, 1.82) is 0 Å². The molecule has 0 aromatic carbocycles. The summed E-state index contributed by atoms with van der Waals surface area (Å²) in [4.78, 5) is 20.3. The maximum atomic E-state index is 5.22. The van der Waals surface area contributed by atoms with Gasteiger partial charge in [-0.2, -0.15) is 0 Å². The van der Waals surface area contributed by atoms with Gasteiger partial charge in [-0.25, -0.2) is 15.0 Å². The van der Waals surface area contributed by atoms with E-state index in [9.17, 15) is 0 Å². The van der Waals surface area contributed by atoms with Crippen LogP contribution in [0.15, 0.2) is 30.7 Å². The molecule has 7 heteroatoms. The molecule has 2 fully saturated rings. The van der Waals surface area contributed by atoms with Crippen LogP contribution < -0.4 is 14.5 Å². The SMILES string of the molecule is COc1cc(CN2CCN(c3cc(N4CCCC4)ncn3)CC2)ccn1. The number of pyridine rings is 1. The Balaban J connectivity index is 1.35. The molecule has 2 aliphatic rings. The van der Waals surface area contributed by atoms with Crippen molar-refractivity contribution in [3.05, 3.63) is 36.3 Å². The zero-order valence-electron chi connectivity index (χ0n) is 15.3. The number of anilines is 2. The van der Waals surface area contributed by atoms with Crippen LogP contribution in [0.5, 0.6) is 5.88 Å². The van der Waals surface area contributed by atoms with Gasteiger partial charge >= 0.3 is 0 Å². The first-order valence-corrected chi connectivity index (χ1v) is 9.35. The Morgan fingerprint density at radius 3 is 2.27 bits per heavy atom. The predicted octanol–water partition coefficient (Wildman–Crippen LogP) is 1.80. The Hall–Kier alpha value is -2.41. The highest BCUT2D eigenvalue weighted by atomic mass is 16.5. The van der Waals surface area contributed by atoms with Crippen LogP contribution in [0.25, 0.3) is 0 Å². The van der Waals surface area contributed by atoms with Gasteiger partial charge < -0.3 is 14.5 Å². The zero-order chi connectivity index (χ0) is 17.8. The van der Waals surface area contributed by atoms with E-state index in [4.69, 9.17) is 4.74 Å². The van der Waals surface area contributed by atoms with E-state index in [1.807, 2.05) is 12.3 Å². The van der Waals surface area contributed by atoms with E-state index in [0.29, 0.717) is 5.88 Å². The Morgan fingerprint density at radius 2 is 1.58 bits per heavy atom. The van der Waals surface area contributed by atoms with E-state index in [2.05, 4.69) is 41.8 Å². The fourth-order valence-corrected chi connectivity index (χ4v) is 3.68. The normalized spacial score (nSPS) is 18.3. The molecule has 0 aliphatic carbocycles. The third-order valence-corrected chi connectivity index (χ3v) is 5.18. The van der Waals surface area contributed by atoms with Gasteiger partial charge in [-0.05, 0) is 24.5 Å². The first kappa shape index (κ1) is 17.0. The first-order chi connectivity index (χ1) is 12.8. The molecule has 0 atom stereocenters. The predicted molar refractivity (Wildman–Crippen MR) is 102 cm³/mol. The van der Waals surface area contributed by atoms with Crippen LogP contribution in [-0.4, -0.2) is 66.2 Å². The monoisotopic (exact) mass is 354 g/mol. The number of methoxy groups -OCH3 is 1. The summed E-state index contributed by atoms with van der Waals surface area (Å²) >= 11 is 0. The molecule has 2 saturated heterocycles. The molecule has 0 unspecified atom stereocenters. The third-order valence-electron chi connectivity index (χ3n) is 5.18. The van der Waals surface area contributed by atoms with Crippen LogP contribution >= 0.6 is 0 Å². The molecule has 4 rings (SSSR count). The average Bonchev–Trinajstić information content (AvgIpc) is 3.24.